The topological polar surface area (TPSA) is 102 Å². The second-order valence-electron chi connectivity index (χ2n) is 6.23. The number of hydrogen-bond donors (Lipinski definition) is 1. The monoisotopic (exact) mass is 383 g/mol. The first kappa shape index (κ1) is 19.0. The van der Waals surface area contributed by atoms with Crippen molar-refractivity contribution in [2.45, 2.75) is 24.9 Å². The van der Waals surface area contributed by atoms with E-state index in [0.29, 0.717) is 13.2 Å². The normalized spacial score (nSPS) is 18.6. The largest absolute Gasteiger partial charge is 0.472 e. The summed E-state index contributed by atoms with van der Waals surface area (Å²) in [4.78, 5) is 25.5. The lowest BCUT2D eigenvalue weighted by molar-refractivity contribution is 0.0117. The zero-order valence-corrected chi connectivity index (χ0v) is 14.6. The van der Waals surface area contributed by atoms with Gasteiger partial charge in [0.1, 0.15) is 6.26 Å². The second kappa shape index (κ2) is 7.82. The first-order chi connectivity index (χ1) is 12.9. The Kier molecular flexibility index (Phi) is 5.49. The van der Waals surface area contributed by atoms with Crippen molar-refractivity contribution in [1.82, 2.24) is 25.2 Å². The standard InChI is InChI=1S/C16H19F2N5O4/c1-26-5-3-19-14(24)13-8-22(21-20-13)7-12-6-16(17,18)10-23(12)15(25)11-2-4-27-9-11/h2,4,8-9,12H,3,5-7,10H2,1H3,(H,19,24)/t12-/m0/s1. The number of likely N-dealkylation sites (tertiary alicyclic amines) is 1. The number of nitrogens with zero attached hydrogens (tertiary/aromatic N) is 4. The van der Waals surface area contributed by atoms with E-state index in [4.69, 9.17) is 9.15 Å². The van der Waals surface area contributed by atoms with E-state index in [9.17, 15) is 18.4 Å². The van der Waals surface area contributed by atoms with Crippen LogP contribution in [0.5, 0.6) is 0 Å². The summed E-state index contributed by atoms with van der Waals surface area (Å²) in [6, 6.07) is 0.641. The molecule has 0 aromatic carbocycles. The number of nitrogens with one attached hydrogen (secondary N) is 1. The van der Waals surface area contributed by atoms with E-state index < -0.39 is 36.7 Å². The zero-order chi connectivity index (χ0) is 19.4. The number of amides is 2. The third-order valence-corrected chi connectivity index (χ3v) is 4.17. The van der Waals surface area contributed by atoms with Gasteiger partial charge in [-0.2, -0.15) is 0 Å². The fourth-order valence-electron chi connectivity index (χ4n) is 2.92. The van der Waals surface area contributed by atoms with Crippen LogP contribution in [-0.2, 0) is 11.3 Å². The molecule has 0 spiro atoms. The molecule has 2 amide bonds. The Morgan fingerprint density at radius 2 is 2.30 bits per heavy atom. The van der Waals surface area contributed by atoms with E-state index >= 15 is 0 Å². The molecule has 0 bridgehead atoms. The number of aromatic nitrogens is 3. The molecule has 3 heterocycles. The molecule has 1 saturated heterocycles. The molecular weight excluding hydrogens is 364 g/mol. The van der Waals surface area contributed by atoms with Crippen molar-refractivity contribution in [1.29, 1.82) is 0 Å². The molecule has 0 radical (unpaired) electrons. The fraction of sp³-hybridized carbons (Fsp3) is 0.500. The quantitative estimate of drug-likeness (QED) is 0.710. The van der Waals surface area contributed by atoms with Crippen molar-refractivity contribution >= 4 is 11.8 Å². The van der Waals surface area contributed by atoms with Crippen LogP contribution in [0.15, 0.2) is 29.2 Å². The van der Waals surface area contributed by atoms with Crippen LogP contribution in [0, 0.1) is 0 Å². The Labute approximate surface area is 153 Å². The molecule has 146 valence electrons. The van der Waals surface area contributed by atoms with E-state index in [-0.39, 0.29) is 17.8 Å². The van der Waals surface area contributed by atoms with E-state index in [2.05, 4.69) is 15.6 Å². The number of rotatable bonds is 7. The average Bonchev–Trinajstić information content (AvgIpc) is 3.35. The predicted octanol–water partition coefficient (Wildman–Crippen LogP) is 0.797. The van der Waals surface area contributed by atoms with Crippen molar-refractivity contribution in [3.63, 3.8) is 0 Å². The summed E-state index contributed by atoms with van der Waals surface area (Å²) in [6.07, 6.45) is 3.39. The number of carbonyl (C=O) groups is 2. The molecule has 0 saturated carbocycles. The molecule has 1 atom stereocenters. The molecule has 1 fully saturated rings. The lowest BCUT2D eigenvalue weighted by atomic mass is 10.2. The third kappa shape index (κ3) is 4.48. The SMILES string of the molecule is COCCNC(=O)c1cn(C[C@@H]2CC(F)(F)CN2C(=O)c2ccoc2)nn1. The summed E-state index contributed by atoms with van der Waals surface area (Å²) < 4.78 is 38.8. The molecule has 2 aromatic rings. The molecule has 1 N–H and O–H groups in total. The van der Waals surface area contributed by atoms with Crippen LogP contribution in [0.25, 0.3) is 0 Å². The average molecular weight is 383 g/mol. The van der Waals surface area contributed by atoms with Crippen LogP contribution in [0.1, 0.15) is 27.3 Å². The van der Waals surface area contributed by atoms with Crippen molar-refractivity contribution in [2.75, 3.05) is 26.8 Å². The Morgan fingerprint density at radius 1 is 1.48 bits per heavy atom. The maximum Gasteiger partial charge on any atom is 0.273 e. The van der Waals surface area contributed by atoms with Gasteiger partial charge in [0.05, 0.1) is 43.8 Å². The molecule has 27 heavy (non-hydrogen) atoms. The van der Waals surface area contributed by atoms with E-state index in [0.717, 1.165) is 4.90 Å². The molecule has 1 aliphatic heterocycles. The van der Waals surface area contributed by atoms with E-state index in [1.807, 2.05) is 0 Å². The highest BCUT2D eigenvalue weighted by molar-refractivity contribution is 5.94. The fourth-order valence-corrected chi connectivity index (χ4v) is 2.92. The van der Waals surface area contributed by atoms with Crippen LogP contribution in [0.4, 0.5) is 8.78 Å². The smallest absolute Gasteiger partial charge is 0.273 e. The summed E-state index contributed by atoms with van der Waals surface area (Å²) in [7, 11) is 1.51. The van der Waals surface area contributed by atoms with Crippen molar-refractivity contribution < 1.29 is 27.5 Å². The Bertz CT molecular complexity index is 793. The Morgan fingerprint density at radius 3 is 3.00 bits per heavy atom. The highest BCUT2D eigenvalue weighted by Gasteiger charge is 2.47. The minimum absolute atomic E-state index is 0.00245. The van der Waals surface area contributed by atoms with Gasteiger partial charge in [0.2, 0.25) is 0 Å². The number of alkyl halides is 2. The van der Waals surface area contributed by atoms with Crippen LogP contribution >= 0.6 is 0 Å². The molecule has 0 unspecified atom stereocenters. The van der Waals surface area contributed by atoms with Gasteiger partial charge in [-0.25, -0.2) is 13.5 Å². The molecule has 3 rings (SSSR count). The van der Waals surface area contributed by atoms with Crippen LogP contribution in [0.3, 0.4) is 0 Å². The second-order valence-corrected chi connectivity index (χ2v) is 6.23. The molecule has 1 aliphatic rings. The van der Waals surface area contributed by atoms with E-state index in [1.54, 1.807) is 0 Å². The summed E-state index contributed by atoms with van der Waals surface area (Å²) in [6.45, 7) is -0.0234. The van der Waals surface area contributed by atoms with Gasteiger partial charge in [-0.1, -0.05) is 5.21 Å². The van der Waals surface area contributed by atoms with Gasteiger partial charge in [0.25, 0.3) is 17.7 Å². The van der Waals surface area contributed by atoms with Crippen LogP contribution in [0.2, 0.25) is 0 Å². The number of furan rings is 1. The summed E-state index contributed by atoms with van der Waals surface area (Å²) in [5, 5.41) is 10.1. The zero-order valence-electron chi connectivity index (χ0n) is 14.6. The summed E-state index contributed by atoms with van der Waals surface area (Å²) in [5.74, 6) is -3.98. The number of carbonyl (C=O) groups excluding carboxylic acids is 2. The molecule has 0 aliphatic carbocycles. The van der Waals surface area contributed by atoms with Gasteiger partial charge in [-0.05, 0) is 6.07 Å². The van der Waals surface area contributed by atoms with Crippen LogP contribution < -0.4 is 5.32 Å². The summed E-state index contributed by atoms with van der Waals surface area (Å²) in [5.41, 5.74) is 0.262. The number of methoxy groups -OCH3 is 1. The van der Waals surface area contributed by atoms with Gasteiger partial charge >= 0.3 is 0 Å². The van der Waals surface area contributed by atoms with Gasteiger partial charge in [-0.15, -0.1) is 5.10 Å². The van der Waals surface area contributed by atoms with E-state index in [1.165, 1.54) is 36.6 Å². The maximum atomic E-state index is 13.9. The molecule has 9 nitrogen and oxygen atoms in total. The molecule has 11 heteroatoms. The van der Waals surface area contributed by atoms with Crippen molar-refractivity contribution in [3.05, 3.63) is 36.0 Å². The number of ether oxygens (including phenoxy) is 1. The van der Waals surface area contributed by atoms with Crippen molar-refractivity contribution in [3.8, 4) is 0 Å². The molecular formula is C16H19F2N5O4. The molecule has 2 aromatic heterocycles. The summed E-state index contributed by atoms with van der Waals surface area (Å²) >= 11 is 0. The lowest BCUT2D eigenvalue weighted by Gasteiger charge is -2.23. The van der Waals surface area contributed by atoms with Crippen molar-refractivity contribution in [2.24, 2.45) is 0 Å². The number of halogens is 2. The minimum Gasteiger partial charge on any atom is -0.472 e. The first-order valence-electron chi connectivity index (χ1n) is 8.28. The van der Waals surface area contributed by atoms with Crippen LogP contribution in [-0.4, -0.2) is 70.5 Å². The lowest BCUT2D eigenvalue weighted by Crippen LogP contribution is -2.38. The number of hydrogen-bond acceptors (Lipinski definition) is 6. The van der Waals surface area contributed by atoms with Gasteiger partial charge in [0.15, 0.2) is 5.69 Å². The highest BCUT2D eigenvalue weighted by Crippen LogP contribution is 2.33. The highest BCUT2D eigenvalue weighted by atomic mass is 19.3. The van der Waals surface area contributed by atoms with Gasteiger partial charge in [-0.3, -0.25) is 9.59 Å². The maximum absolute atomic E-state index is 13.9. The Balaban J connectivity index is 1.68. The van der Waals surface area contributed by atoms with Gasteiger partial charge < -0.3 is 19.4 Å². The third-order valence-electron chi connectivity index (χ3n) is 4.17. The minimum atomic E-state index is -3.00. The Hall–Kier alpha value is -2.82. The first-order valence-corrected chi connectivity index (χ1v) is 8.28. The predicted molar refractivity (Wildman–Crippen MR) is 87.3 cm³/mol. The van der Waals surface area contributed by atoms with Gasteiger partial charge in [0, 0.05) is 20.1 Å².